The zero-order chi connectivity index (χ0) is 17.0. The molecule has 1 aromatic rings. The van der Waals surface area contributed by atoms with Crippen molar-refractivity contribution in [3.05, 3.63) is 47.7 Å². The second-order valence-corrected chi connectivity index (χ2v) is 6.09. The van der Waals surface area contributed by atoms with Gasteiger partial charge >= 0.3 is 11.9 Å². The van der Waals surface area contributed by atoms with E-state index < -0.39 is 29.4 Å². The molecule has 5 nitrogen and oxygen atoms in total. The Kier molecular flexibility index (Phi) is 5.21. The third-order valence-electron chi connectivity index (χ3n) is 3.74. The molecule has 0 aromatic heterocycles. The van der Waals surface area contributed by atoms with E-state index in [0.717, 1.165) is 5.56 Å². The zero-order valence-corrected chi connectivity index (χ0v) is 13.6. The fourth-order valence-electron chi connectivity index (χ4n) is 2.52. The lowest BCUT2D eigenvalue weighted by Crippen LogP contribution is -2.40. The van der Waals surface area contributed by atoms with E-state index in [9.17, 15) is 14.7 Å². The van der Waals surface area contributed by atoms with Crippen molar-refractivity contribution in [1.82, 2.24) is 0 Å². The molecular weight excluding hydrogens is 296 g/mol. The first-order valence-corrected chi connectivity index (χ1v) is 7.70. The molecule has 0 spiro atoms. The lowest BCUT2D eigenvalue weighted by atomic mass is 9.83. The monoisotopic (exact) mass is 318 g/mol. The van der Waals surface area contributed by atoms with E-state index >= 15 is 0 Å². The Morgan fingerprint density at radius 2 is 1.96 bits per heavy atom. The molecule has 1 aliphatic rings. The minimum Gasteiger partial charge on any atom is -0.466 e. The Morgan fingerprint density at radius 3 is 2.52 bits per heavy atom. The average Bonchev–Trinajstić information content (AvgIpc) is 2.49. The number of ether oxygens (including phenoxy) is 2. The van der Waals surface area contributed by atoms with Gasteiger partial charge in [-0.15, -0.1) is 0 Å². The number of hydrogen-bond acceptors (Lipinski definition) is 5. The van der Waals surface area contributed by atoms with Gasteiger partial charge in [-0.3, -0.25) is 9.59 Å². The predicted octanol–water partition coefficient (Wildman–Crippen LogP) is 2.24. The standard InChI is InChI=1S/C18H22O5/c1-4-22-16(19)14-11-15(18(2,3)21)23-17(20)13(14)10-12-8-6-5-7-9-12/h5-9,11,13-14,21H,4,10H2,1-3H3/t13-,14-/m1/s1. The van der Waals surface area contributed by atoms with Gasteiger partial charge in [0.25, 0.3) is 0 Å². The van der Waals surface area contributed by atoms with Crippen LogP contribution in [0.1, 0.15) is 26.3 Å². The van der Waals surface area contributed by atoms with Crippen molar-refractivity contribution in [3.63, 3.8) is 0 Å². The van der Waals surface area contributed by atoms with Crippen LogP contribution >= 0.6 is 0 Å². The summed E-state index contributed by atoms with van der Waals surface area (Å²) in [7, 11) is 0. The summed E-state index contributed by atoms with van der Waals surface area (Å²) in [6, 6.07) is 9.43. The van der Waals surface area contributed by atoms with Crippen LogP contribution in [-0.2, 0) is 25.5 Å². The summed E-state index contributed by atoms with van der Waals surface area (Å²) in [4.78, 5) is 24.7. The summed E-state index contributed by atoms with van der Waals surface area (Å²) in [5.74, 6) is -2.34. The van der Waals surface area contributed by atoms with Crippen molar-refractivity contribution in [2.24, 2.45) is 11.8 Å². The maximum Gasteiger partial charge on any atom is 0.315 e. The number of carbonyl (C=O) groups excluding carboxylic acids is 2. The summed E-state index contributed by atoms with van der Waals surface area (Å²) in [6.07, 6.45) is 1.88. The van der Waals surface area contributed by atoms with E-state index in [1.165, 1.54) is 19.9 Å². The number of esters is 2. The van der Waals surface area contributed by atoms with Crippen molar-refractivity contribution in [3.8, 4) is 0 Å². The van der Waals surface area contributed by atoms with E-state index in [1.54, 1.807) is 6.92 Å². The number of rotatable bonds is 5. The van der Waals surface area contributed by atoms with Crippen LogP contribution in [0.4, 0.5) is 0 Å². The molecule has 0 amide bonds. The van der Waals surface area contributed by atoms with Gasteiger partial charge in [-0.25, -0.2) is 0 Å². The molecule has 1 aliphatic heterocycles. The molecule has 1 heterocycles. The van der Waals surface area contributed by atoms with E-state index in [2.05, 4.69) is 0 Å². The molecule has 0 radical (unpaired) electrons. The lowest BCUT2D eigenvalue weighted by molar-refractivity contribution is -0.160. The molecule has 0 fully saturated rings. The van der Waals surface area contributed by atoms with Gasteiger partial charge in [0, 0.05) is 0 Å². The van der Waals surface area contributed by atoms with Crippen molar-refractivity contribution in [2.45, 2.75) is 32.8 Å². The Morgan fingerprint density at radius 1 is 1.30 bits per heavy atom. The van der Waals surface area contributed by atoms with E-state index in [1.807, 2.05) is 30.3 Å². The summed E-state index contributed by atoms with van der Waals surface area (Å²) < 4.78 is 10.3. The van der Waals surface area contributed by atoms with Gasteiger partial charge in [-0.2, -0.15) is 0 Å². The molecule has 0 aliphatic carbocycles. The molecule has 0 bridgehead atoms. The number of carbonyl (C=O) groups is 2. The summed E-state index contributed by atoms with van der Waals surface area (Å²) in [6.45, 7) is 4.96. The van der Waals surface area contributed by atoms with E-state index in [-0.39, 0.29) is 12.4 Å². The molecule has 2 atom stereocenters. The number of hydrogen-bond donors (Lipinski definition) is 1. The third kappa shape index (κ3) is 4.20. The van der Waals surface area contributed by atoms with Crippen LogP contribution in [0.25, 0.3) is 0 Å². The van der Waals surface area contributed by atoms with Gasteiger partial charge in [-0.05, 0) is 38.8 Å². The van der Waals surface area contributed by atoms with Crippen LogP contribution in [0.15, 0.2) is 42.2 Å². The fourth-order valence-corrected chi connectivity index (χ4v) is 2.52. The van der Waals surface area contributed by atoms with Crippen molar-refractivity contribution in [2.75, 3.05) is 6.61 Å². The summed E-state index contributed by atoms with van der Waals surface area (Å²) in [5, 5.41) is 10.1. The van der Waals surface area contributed by atoms with Gasteiger partial charge in [0.05, 0.1) is 18.4 Å². The second kappa shape index (κ2) is 6.96. The van der Waals surface area contributed by atoms with Gasteiger partial charge < -0.3 is 14.6 Å². The highest BCUT2D eigenvalue weighted by Crippen LogP contribution is 2.32. The SMILES string of the molecule is CCOC(=O)[C@@H]1C=C(C(C)(C)O)OC(=O)[C@@H]1Cc1ccccc1. The van der Waals surface area contributed by atoms with Crippen molar-refractivity contribution >= 4 is 11.9 Å². The highest BCUT2D eigenvalue weighted by atomic mass is 16.6. The van der Waals surface area contributed by atoms with Crippen molar-refractivity contribution < 1.29 is 24.2 Å². The molecule has 1 N–H and O–H groups in total. The number of benzene rings is 1. The molecule has 124 valence electrons. The van der Waals surface area contributed by atoms with Gasteiger partial charge in [0.15, 0.2) is 0 Å². The Balaban J connectivity index is 2.33. The minimum absolute atomic E-state index is 0.0878. The van der Waals surface area contributed by atoms with Gasteiger partial charge in [-0.1, -0.05) is 30.3 Å². The fraction of sp³-hybridized carbons (Fsp3) is 0.444. The van der Waals surface area contributed by atoms with Crippen LogP contribution in [0, 0.1) is 11.8 Å². The van der Waals surface area contributed by atoms with Crippen molar-refractivity contribution in [1.29, 1.82) is 0 Å². The lowest BCUT2D eigenvalue weighted by Gasteiger charge is -2.31. The first-order chi connectivity index (χ1) is 10.8. The smallest absolute Gasteiger partial charge is 0.315 e. The highest BCUT2D eigenvalue weighted by Gasteiger charge is 2.42. The number of cyclic esters (lactones) is 1. The molecule has 5 heteroatoms. The first kappa shape index (κ1) is 17.2. The first-order valence-electron chi connectivity index (χ1n) is 7.70. The van der Waals surface area contributed by atoms with Crippen LogP contribution in [0.5, 0.6) is 0 Å². The molecule has 0 unspecified atom stereocenters. The van der Waals surface area contributed by atoms with E-state index in [0.29, 0.717) is 6.42 Å². The van der Waals surface area contributed by atoms with E-state index in [4.69, 9.17) is 9.47 Å². The summed E-state index contributed by atoms with van der Waals surface area (Å²) in [5.41, 5.74) is -0.401. The minimum atomic E-state index is -1.34. The molecule has 1 aromatic carbocycles. The van der Waals surface area contributed by atoms with Gasteiger partial charge in [0.1, 0.15) is 11.4 Å². The van der Waals surface area contributed by atoms with Crippen LogP contribution in [-0.4, -0.2) is 29.3 Å². The average molecular weight is 318 g/mol. The molecule has 2 rings (SSSR count). The Hall–Kier alpha value is -2.14. The number of aliphatic hydroxyl groups is 1. The molecule has 0 saturated heterocycles. The normalized spacial score (nSPS) is 21.4. The molecule has 23 heavy (non-hydrogen) atoms. The third-order valence-corrected chi connectivity index (χ3v) is 3.74. The van der Waals surface area contributed by atoms with Gasteiger partial charge in [0.2, 0.25) is 0 Å². The van der Waals surface area contributed by atoms with Crippen LogP contribution in [0.3, 0.4) is 0 Å². The highest BCUT2D eigenvalue weighted by molar-refractivity contribution is 5.86. The Labute approximate surface area is 135 Å². The largest absolute Gasteiger partial charge is 0.466 e. The maximum absolute atomic E-state index is 12.4. The summed E-state index contributed by atoms with van der Waals surface area (Å²) >= 11 is 0. The molecular formula is C18H22O5. The topological polar surface area (TPSA) is 72.8 Å². The second-order valence-electron chi connectivity index (χ2n) is 6.09. The quantitative estimate of drug-likeness (QED) is 0.843. The maximum atomic E-state index is 12.4. The Bertz CT molecular complexity index is 598. The predicted molar refractivity (Wildman–Crippen MR) is 84.2 cm³/mol. The molecule has 0 saturated carbocycles. The van der Waals surface area contributed by atoms with Crippen LogP contribution in [0.2, 0.25) is 0 Å². The van der Waals surface area contributed by atoms with Crippen LogP contribution < -0.4 is 0 Å². The zero-order valence-electron chi connectivity index (χ0n) is 13.6.